The minimum absolute atomic E-state index is 0.361. The van der Waals surface area contributed by atoms with Crippen LogP contribution < -0.4 is 10.6 Å². The first kappa shape index (κ1) is 11.5. The van der Waals surface area contributed by atoms with Crippen LogP contribution >= 0.6 is 0 Å². The van der Waals surface area contributed by atoms with Gasteiger partial charge in [-0.25, -0.2) is 4.98 Å². The molecule has 1 saturated carbocycles. The van der Waals surface area contributed by atoms with E-state index in [0.717, 1.165) is 30.5 Å². The molecule has 2 N–H and O–H groups in total. The molecule has 2 fully saturated rings. The fourth-order valence-corrected chi connectivity index (χ4v) is 3.34. The van der Waals surface area contributed by atoms with E-state index < -0.39 is 0 Å². The van der Waals surface area contributed by atoms with Gasteiger partial charge in [-0.1, -0.05) is 0 Å². The number of aryl methyl sites for hydroxylation is 1. The van der Waals surface area contributed by atoms with Crippen LogP contribution in [0.1, 0.15) is 24.1 Å². The van der Waals surface area contributed by atoms with E-state index in [-0.39, 0.29) is 0 Å². The van der Waals surface area contributed by atoms with Crippen LogP contribution in [0.15, 0.2) is 12.1 Å². The van der Waals surface area contributed by atoms with E-state index in [1.807, 2.05) is 19.1 Å². The van der Waals surface area contributed by atoms with Gasteiger partial charge in [0.25, 0.3) is 0 Å². The number of nitrogens with zero attached hydrogens (tertiary/aromatic N) is 3. The SMILES string of the molecule is Cc1nc(N2CC3CCC(N)C3C2)ccc1C#N. The molecular formula is C14H18N4. The molecule has 0 bridgehead atoms. The highest BCUT2D eigenvalue weighted by molar-refractivity contribution is 5.46. The predicted octanol–water partition coefficient (Wildman–Crippen LogP) is 1.44. The quantitative estimate of drug-likeness (QED) is 0.809. The summed E-state index contributed by atoms with van der Waals surface area (Å²) in [5, 5.41) is 8.92. The van der Waals surface area contributed by atoms with E-state index in [1.165, 1.54) is 12.8 Å². The molecule has 1 aromatic heterocycles. The Morgan fingerprint density at radius 3 is 2.89 bits per heavy atom. The number of hydrogen-bond acceptors (Lipinski definition) is 4. The molecule has 2 aliphatic rings. The fourth-order valence-electron chi connectivity index (χ4n) is 3.34. The predicted molar refractivity (Wildman–Crippen MR) is 70.1 cm³/mol. The number of hydrogen-bond donors (Lipinski definition) is 1. The highest BCUT2D eigenvalue weighted by Gasteiger charge is 2.41. The summed E-state index contributed by atoms with van der Waals surface area (Å²) in [6.07, 6.45) is 2.42. The van der Waals surface area contributed by atoms with Crippen LogP contribution in [0.25, 0.3) is 0 Å². The van der Waals surface area contributed by atoms with Crippen LogP contribution in [0.3, 0.4) is 0 Å². The van der Waals surface area contributed by atoms with Crippen LogP contribution in [-0.2, 0) is 0 Å². The molecule has 1 aliphatic heterocycles. The van der Waals surface area contributed by atoms with E-state index in [2.05, 4.69) is 16.0 Å². The average molecular weight is 242 g/mol. The molecule has 4 heteroatoms. The van der Waals surface area contributed by atoms with Gasteiger partial charge >= 0.3 is 0 Å². The zero-order chi connectivity index (χ0) is 12.7. The van der Waals surface area contributed by atoms with Crippen molar-refractivity contribution in [3.8, 4) is 6.07 Å². The lowest BCUT2D eigenvalue weighted by molar-refractivity contribution is 0.453. The molecule has 0 spiro atoms. The van der Waals surface area contributed by atoms with Crippen LogP contribution in [0.4, 0.5) is 5.82 Å². The van der Waals surface area contributed by atoms with E-state index in [4.69, 9.17) is 11.0 Å². The monoisotopic (exact) mass is 242 g/mol. The van der Waals surface area contributed by atoms with Crippen molar-refractivity contribution in [1.82, 2.24) is 4.98 Å². The van der Waals surface area contributed by atoms with Gasteiger partial charge in [-0.05, 0) is 43.7 Å². The van der Waals surface area contributed by atoms with Crippen molar-refractivity contribution in [2.24, 2.45) is 17.6 Å². The summed E-state index contributed by atoms with van der Waals surface area (Å²) in [5.74, 6) is 2.36. The molecule has 94 valence electrons. The molecule has 0 amide bonds. The second-order valence-corrected chi connectivity index (χ2v) is 5.48. The maximum atomic E-state index is 8.92. The molecule has 3 atom stereocenters. The largest absolute Gasteiger partial charge is 0.356 e. The summed E-state index contributed by atoms with van der Waals surface area (Å²) >= 11 is 0. The lowest BCUT2D eigenvalue weighted by Gasteiger charge is -2.20. The second kappa shape index (κ2) is 4.25. The van der Waals surface area contributed by atoms with Gasteiger partial charge in [0.2, 0.25) is 0 Å². The summed E-state index contributed by atoms with van der Waals surface area (Å²) in [6.45, 7) is 3.98. The highest BCUT2D eigenvalue weighted by atomic mass is 15.2. The molecule has 1 aromatic rings. The zero-order valence-electron chi connectivity index (χ0n) is 10.6. The Morgan fingerprint density at radius 1 is 1.39 bits per heavy atom. The van der Waals surface area contributed by atoms with Crippen molar-refractivity contribution < 1.29 is 0 Å². The van der Waals surface area contributed by atoms with Gasteiger partial charge in [0.15, 0.2) is 0 Å². The summed E-state index contributed by atoms with van der Waals surface area (Å²) in [7, 11) is 0. The van der Waals surface area contributed by atoms with E-state index in [1.54, 1.807) is 0 Å². The Morgan fingerprint density at radius 2 is 2.22 bits per heavy atom. The fraction of sp³-hybridized carbons (Fsp3) is 0.571. The molecule has 3 unspecified atom stereocenters. The number of nitriles is 1. The van der Waals surface area contributed by atoms with Gasteiger partial charge < -0.3 is 10.6 Å². The second-order valence-electron chi connectivity index (χ2n) is 5.48. The van der Waals surface area contributed by atoms with Crippen molar-refractivity contribution in [1.29, 1.82) is 5.26 Å². The van der Waals surface area contributed by atoms with Gasteiger partial charge in [0.1, 0.15) is 11.9 Å². The van der Waals surface area contributed by atoms with Crippen LogP contribution in [0.5, 0.6) is 0 Å². The Hall–Kier alpha value is -1.60. The third-order valence-corrected chi connectivity index (χ3v) is 4.43. The molecule has 1 aliphatic carbocycles. The molecule has 0 aromatic carbocycles. The standard InChI is InChI=1S/C14H18N4/c1-9-10(6-15)3-5-14(17-9)18-7-11-2-4-13(16)12(11)8-18/h3,5,11-13H,2,4,7-8,16H2,1H3. The van der Waals surface area contributed by atoms with E-state index in [0.29, 0.717) is 17.5 Å². The highest BCUT2D eigenvalue weighted by Crippen LogP contribution is 2.38. The molecule has 3 rings (SSSR count). The van der Waals surface area contributed by atoms with Crippen molar-refractivity contribution in [2.45, 2.75) is 25.8 Å². The number of anilines is 1. The summed E-state index contributed by atoms with van der Waals surface area (Å²) in [6, 6.07) is 6.34. The summed E-state index contributed by atoms with van der Waals surface area (Å²) in [5.41, 5.74) is 7.62. The molecule has 0 radical (unpaired) electrons. The first-order valence-electron chi connectivity index (χ1n) is 6.57. The van der Waals surface area contributed by atoms with Crippen molar-refractivity contribution in [2.75, 3.05) is 18.0 Å². The number of rotatable bonds is 1. The van der Waals surface area contributed by atoms with Crippen molar-refractivity contribution >= 4 is 5.82 Å². The van der Waals surface area contributed by atoms with Crippen molar-refractivity contribution in [3.63, 3.8) is 0 Å². The van der Waals surface area contributed by atoms with E-state index in [9.17, 15) is 0 Å². The van der Waals surface area contributed by atoms with Gasteiger partial charge in [-0.3, -0.25) is 0 Å². The first-order valence-corrected chi connectivity index (χ1v) is 6.57. The lowest BCUT2D eigenvalue weighted by atomic mass is 9.98. The number of fused-ring (bicyclic) bond motifs is 1. The molecule has 4 nitrogen and oxygen atoms in total. The smallest absolute Gasteiger partial charge is 0.128 e. The number of nitrogens with two attached hydrogens (primary N) is 1. The average Bonchev–Trinajstić information content (AvgIpc) is 2.92. The Bertz CT molecular complexity index is 505. The third-order valence-electron chi connectivity index (χ3n) is 4.43. The minimum Gasteiger partial charge on any atom is -0.356 e. The van der Waals surface area contributed by atoms with Gasteiger partial charge in [-0.2, -0.15) is 5.26 Å². The maximum Gasteiger partial charge on any atom is 0.128 e. The molecule has 1 saturated heterocycles. The topological polar surface area (TPSA) is 65.9 Å². The Kier molecular flexibility index (Phi) is 2.71. The number of aromatic nitrogens is 1. The van der Waals surface area contributed by atoms with Crippen molar-refractivity contribution in [3.05, 3.63) is 23.4 Å². The molecular weight excluding hydrogens is 224 g/mol. The maximum absolute atomic E-state index is 8.92. The lowest BCUT2D eigenvalue weighted by Crippen LogP contribution is -2.30. The van der Waals surface area contributed by atoms with Crippen LogP contribution in [-0.4, -0.2) is 24.1 Å². The minimum atomic E-state index is 0.361. The van der Waals surface area contributed by atoms with Gasteiger partial charge in [0.05, 0.1) is 11.3 Å². The summed E-state index contributed by atoms with van der Waals surface area (Å²) < 4.78 is 0. The number of pyridine rings is 1. The Labute approximate surface area is 107 Å². The third kappa shape index (κ3) is 1.75. The van der Waals surface area contributed by atoms with Crippen LogP contribution in [0, 0.1) is 30.1 Å². The Balaban J connectivity index is 1.81. The zero-order valence-corrected chi connectivity index (χ0v) is 10.6. The first-order chi connectivity index (χ1) is 8.69. The van der Waals surface area contributed by atoms with Gasteiger partial charge in [-0.15, -0.1) is 0 Å². The van der Waals surface area contributed by atoms with E-state index >= 15 is 0 Å². The normalized spacial score (nSPS) is 30.3. The van der Waals surface area contributed by atoms with Crippen LogP contribution in [0.2, 0.25) is 0 Å². The molecule has 2 heterocycles. The molecule has 18 heavy (non-hydrogen) atoms. The van der Waals surface area contributed by atoms with Gasteiger partial charge in [0, 0.05) is 19.1 Å². The summed E-state index contributed by atoms with van der Waals surface area (Å²) in [4.78, 5) is 6.86.